The Kier molecular flexibility index (Phi) is 4.46. The minimum atomic E-state index is -0.103. The van der Waals surface area contributed by atoms with Crippen LogP contribution in [0.25, 0.3) is 0 Å². The summed E-state index contributed by atoms with van der Waals surface area (Å²) >= 11 is 1.20. The molecule has 0 aliphatic carbocycles. The number of thioether (sulfide) groups is 1. The number of benzene rings is 1. The van der Waals surface area contributed by atoms with Gasteiger partial charge in [-0.25, -0.2) is 5.10 Å². The number of nitrogens with zero attached hydrogens (tertiary/aromatic N) is 2. The Morgan fingerprint density at radius 3 is 2.80 bits per heavy atom. The number of nitrogens with one attached hydrogen (secondary N) is 1. The number of carbonyl (C=O) groups is 1. The molecule has 0 amide bonds. The van der Waals surface area contributed by atoms with Crippen LogP contribution in [0.3, 0.4) is 0 Å². The molecule has 0 saturated heterocycles. The molecule has 0 spiro atoms. The van der Waals surface area contributed by atoms with Crippen molar-refractivity contribution < 1.29 is 14.3 Å². The first-order chi connectivity index (χ1) is 9.63. The average molecular weight is 294 g/mol. The summed E-state index contributed by atoms with van der Waals surface area (Å²) in [5.41, 5.74) is 5.88. The maximum atomic E-state index is 12.2. The Morgan fingerprint density at radius 2 is 2.20 bits per heavy atom. The van der Waals surface area contributed by atoms with Crippen molar-refractivity contribution in [2.75, 3.05) is 25.7 Å². The lowest BCUT2D eigenvalue weighted by Gasteiger charge is -2.09. The highest BCUT2D eigenvalue weighted by molar-refractivity contribution is 7.99. The summed E-state index contributed by atoms with van der Waals surface area (Å²) < 4.78 is 10.3. The molecule has 1 aromatic carbocycles. The van der Waals surface area contributed by atoms with Crippen LogP contribution in [-0.2, 0) is 0 Å². The first kappa shape index (κ1) is 14.2. The van der Waals surface area contributed by atoms with Gasteiger partial charge in [0, 0.05) is 0 Å². The fourth-order valence-electron chi connectivity index (χ4n) is 1.56. The zero-order valence-corrected chi connectivity index (χ0v) is 11.9. The van der Waals surface area contributed by atoms with E-state index in [-0.39, 0.29) is 17.5 Å². The SMILES string of the molecule is COc1ccc(OC)c(C(=O)CSc2n[nH]c(N)n2)c1. The van der Waals surface area contributed by atoms with Crippen molar-refractivity contribution in [3.63, 3.8) is 0 Å². The van der Waals surface area contributed by atoms with Crippen molar-refractivity contribution in [2.45, 2.75) is 5.16 Å². The third-order valence-corrected chi connectivity index (χ3v) is 3.37. The zero-order chi connectivity index (χ0) is 14.5. The van der Waals surface area contributed by atoms with Crippen molar-refractivity contribution in [1.82, 2.24) is 15.2 Å². The van der Waals surface area contributed by atoms with Gasteiger partial charge in [0.2, 0.25) is 11.1 Å². The number of nitrogens with two attached hydrogens (primary N) is 1. The second kappa shape index (κ2) is 6.29. The highest BCUT2D eigenvalue weighted by Crippen LogP contribution is 2.26. The highest BCUT2D eigenvalue weighted by Gasteiger charge is 2.15. The van der Waals surface area contributed by atoms with E-state index < -0.39 is 0 Å². The van der Waals surface area contributed by atoms with E-state index in [4.69, 9.17) is 15.2 Å². The van der Waals surface area contributed by atoms with Gasteiger partial charge < -0.3 is 15.2 Å². The van der Waals surface area contributed by atoms with E-state index in [9.17, 15) is 4.79 Å². The number of ketones is 1. The number of aromatic nitrogens is 3. The van der Waals surface area contributed by atoms with Gasteiger partial charge in [0.15, 0.2) is 5.78 Å². The molecule has 0 aliphatic rings. The van der Waals surface area contributed by atoms with Crippen molar-refractivity contribution in [3.8, 4) is 11.5 Å². The first-order valence-corrected chi connectivity index (χ1v) is 6.68. The van der Waals surface area contributed by atoms with E-state index in [1.165, 1.54) is 18.9 Å². The molecular weight excluding hydrogens is 280 g/mol. The standard InChI is InChI=1S/C12H14N4O3S/c1-18-7-3-4-10(19-2)8(5-7)9(17)6-20-12-14-11(13)15-16-12/h3-5H,6H2,1-2H3,(H3,13,14,15,16). The predicted octanol–water partition coefficient (Wildman–Crippen LogP) is 1.38. The number of ether oxygens (including phenoxy) is 2. The largest absolute Gasteiger partial charge is 0.497 e. The molecule has 0 fully saturated rings. The molecule has 0 bridgehead atoms. The van der Waals surface area contributed by atoms with E-state index in [1.54, 1.807) is 25.3 Å². The van der Waals surface area contributed by atoms with Crippen molar-refractivity contribution in [2.24, 2.45) is 0 Å². The summed E-state index contributed by atoms with van der Waals surface area (Å²) in [4.78, 5) is 16.1. The van der Waals surface area contributed by atoms with E-state index in [0.717, 1.165) is 0 Å². The second-order valence-corrected chi connectivity index (χ2v) is 4.72. The molecule has 1 heterocycles. The van der Waals surface area contributed by atoms with Crippen LogP contribution in [0, 0.1) is 0 Å². The predicted molar refractivity (Wildman–Crippen MR) is 75.4 cm³/mol. The number of anilines is 1. The molecule has 0 unspecified atom stereocenters. The molecule has 0 aliphatic heterocycles. The molecular formula is C12H14N4O3S. The Morgan fingerprint density at radius 1 is 1.40 bits per heavy atom. The van der Waals surface area contributed by atoms with Crippen LogP contribution in [-0.4, -0.2) is 40.9 Å². The summed E-state index contributed by atoms with van der Waals surface area (Å²) in [5.74, 6) is 1.40. The lowest BCUT2D eigenvalue weighted by molar-refractivity contribution is 0.101. The second-order valence-electron chi connectivity index (χ2n) is 3.78. The summed E-state index contributed by atoms with van der Waals surface area (Å²) in [7, 11) is 3.06. The van der Waals surface area contributed by atoms with Gasteiger partial charge in [0.05, 0.1) is 25.5 Å². The molecule has 8 heteroatoms. The lowest BCUT2D eigenvalue weighted by atomic mass is 10.1. The minimum Gasteiger partial charge on any atom is -0.497 e. The van der Waals surface area contributed by atoms with Gasteiger partial charge in [-0.15, -0.1) is 5.10 Å². The van der Waals surface area contributed by atoms with Crippen LogP contribution in [0.2, 0.25) is 0 Å². The molecule has 1 aromatic heterocycles. The number of methoxy groups -OCH3 is 2. The van der Waals surface area contributed by atoms with Crippen LogP contribution < -0.4 is 15.2 Å². The molecule has 106 valence electrons. The van der Waals surface area contributed by atoms with Crippen molar-refractivity contribution >= 4 is 23.5 Å². The van der Waals surface area contributed by atoms with Gasteiger partial charge in [-0.2, -0.15) is 4.98 Å². The molecule has 0 radical (unpaired) electrons. The molecule has 0 saturated carbocycles. The molecule has 20 heavy (non-hydrogen) atoms. The van der Waals surface area contributed by atoms with E-state index in [0.29, 0.717) is 22.2 Å². The van der Waals surface area contributed by atoms with Gasteiger partial charge >= 0.3 is 0 Å². The Balaban J connectivity index is 2.11. The molecule has 7 nitrogen and oxygen atoms in total. The number of hydrogen-bond donors (Lipinski definition) is 2. The van der Waals surface area contributed by atoms with Crippen LogP contribution in [0.15, 0.2) is 23.4 Å². The van der Waals surface area contributed by atoms with Gasteiger partial charge in [-0.3, -0.25) is 4.79 Å². The lowest BCUT2D eigenvalue weighted by Crippen LogP contribution is -2.05. The van der Waals surface area contributed by atoms with Gasteiger partial charge in [0.1, 0.15) is 11.5 Å². The fourth-order valence-corrected chi connectivity index (χ4v) is 2.25. The molecule has 0 atom stereocenters. The van der Waals surface area contributed by atoms with Crippen molar-refractivity contribution in [1.29, 1.82) is 0 Å². The smallest absolute Gasteiger partial charge is 0.216 e. The third kappa shape index (κ3) is 3.21. The topological polar surface area (TPSA) is 103 Å². The molecule has 2 rings (SSSR count). The number of hydrogen-bond acceptors (Lipinski definition) is 7. The van der Waals surface area contributed by atoms with Gasteiger partial charge in [0.25, 0.3) is 0 Å². The monoisotopic (exact) mass is 294 g/mol. The highest BCUT2D eigenvalue weighted by atomic mass is 32.2. The number of aromatic amines is 1. The first-order valence-electron chi connectivity index (χ1n) is 5.70. The maximum Gasteiger partial charge on any atom is 0.216 e. The zero-order valence-electron chi connectivity index (χ0n) is 11.0. The van der Waals surface area contributed by atoms with Crippen molar-refractivity contribution in [3.05, 3.63) is 23.8 Å². The summed E-state index contributed by atoms with van der Waals surface area (Å²) in [6, 6.07) is 5.08. The maximum absolute atomic E-state index is 12.2. The number of H-pyrrole nitrogens is 1. The van der Waals surface area contributed by atoms with Crippen LogP contribution in [0.1, 0.15) is 10.4 Å². The molecule has 3 N–H and O–H groups in total. The summed E-state index contributed by atoms with van der Waals surface area (Å²) in [6.45, 7) is 0. The fraction of sp³-hybridized carbons (Fsp3) is 0.250. The number of rotatable bonds is 6. The van der Waals surface area contributed by atoms with Gasteiger partial charge in [-0.05, 0) is 18.2 Å². The van der Waals surface area contributed by atoms with E-state index in [2.05, 4.69) is 15.2 Å². The van der Waals surface area contributed by atoms with E-state index >= 15 is 0 Å². The normalized spacial score (nSPS) is 10.3. The molecule has 2 aromatic rings. The van der Waals surface area contributed by atoms with Crippen LogP contribution in [0.5, 0.6) is 11.5 Å². The Labute approximate surface area is 119 Å². The van der Waals surface area contributed by atoms with E-state index in [1.807, 2.05) is 0 Å². The summed E-state index contributed by atoms with van der Waals surface area (Å²) in [5, 5.41) is 6.79. The quantitative estimate of drug-likeness (QED) is 0.612. The number of carbonyl (C=O) groups excluding carboxylic acids is 1. The van der Waals surface area contributed by atoms with Gasteiger partial charge in [-0.1, -0.05) is 11.8 Å². The number of Topliss-reactive ketones (excluding diaryl/α,β-unsaturated/α-hetero) is 1. The average Bonchev–Trinajstić information content (AvgIpc) is 2.89. The third-order valence-electron chi connectivity index (χ3n) is 2.52. The van der Waals surface area contributed by atoms with Crippen LogP contribution in [0.4, 0.5) is 5.95 Å². The number of nitrogen functional groups attached to an aromatic ring is 1. The Hall–Kier alpha value is -2.22. The summed E-state index contributed by atoms with van der Waals surface area (Å²) in [6.07, 6.45) is 0. The minimum absolute atomic E-state index is 0.103. The Bertz CT molecular complexity index is 614. The van der Waals surface area contributed by atoms with Crippen LogP contribution >= 0.6 is 11.8 Å².